The molecular formula is C4H11NO3S. The zero-order chi connectivity index (χ0) is 6.78. The van der Waals surface area contributed by atoms with Crippen molar-refractivity contribution in [3.8, 4) is 0 Å². The minimum atomic E-state index is -0.792. The fourth-order valence-electron chi connectivity index (χ4n) is 0.224. The average molecular weight is 153 g/mol. The van der Waals surface area contributed by atoms with Crippen LogP contribution in [-0.2, 0) is 4.84 Å². The van der Waals surface area contributed by atoms with Crippen LogP contribution >= 0.6 is 13.5 Å². The van der Waals surface area contributed by atoms with Gasteiger partial charge >= 0.3 is 0 Å². The van der Waals surface area contributed by atoms with E-state index in [9.17, 15) is 10.1 Å². The fraction of sp³-hybridized carbons (Fsp3) is 1.00. The van der Waals surface area contributed by atoms with Crippen LogP contribution in [0.1, 0.15) is 20.8 Å². The zero-order valence-corrected chi connectivity index (χ0v) is 6.67. The van der Waals surface area contributed by atoms with Crippen LogP contribution in [0.25, 0.3) is 0 Å². The highest BCUT2D eigenvalue weighted by atomic mass is 32.1. The molecule has 9 heavy (non-hydrogen) atoms. The molecule has 0 saturated carbocycles. The first kappa shape index (κ1) is 11.4. The van der Waals surface area contributed by atoms with E-state index in [-0.39, 0.29) is 13.5 Å². The van der Waals surface area contributed by atoms with Crippen molar-refractivity contribution in [3.63, 3.8) is 0 Å². The van der Waals surface area contributed by atoms with Gasteiger partial charge in [0.05, 0.1) is 0 Å². The lowest BCUT2D eigenvalue weighted by molar-refractivity contribution is -0.778. The van der Waals surface area contributed by atoms with Gasteiger partial charge in [0.15, 0.2) is 0 Å². The molecule has 56 valence electrons. The molecule has 0 saturated heterocycles. The summed E-state index contributed by atoms with van der Waals surface area (Å²) in [7, 11) is 0. The predicted octanol–water partition coefficient (Wildman–Crippen LogP) is 1.11. The predicted molar refractivity (Wildman–Crippen MR) is 38.2 cm³/mol. The van der Waals surface area contributed by atoms with Gasteiger partial charge in [0.25, 0.3) is 5.09 Å². The van der Waals surface area contributed by atoms with E-state index in [4.69, 9.17) is 0 Å². The summed E-state index contributed by atoms with van der Waals surface area (Å²) < 4.78 is 0. The Balaban J connectivity index is 0. The molecule has 0 unspecified atom stereocenters. The van der Waals surface area contributed by atoms with Gasteiger partial charge in [-0.15, -0.1) is 10.1 Å². The van der Waals surface area contributed by atoms with E-state index in [0.29, 0.717) is 0 Å². The molecule has 0 atom stereocenters. The maximum atomic E-state index is 9.60. The number of nitrogens with zero attached hydrogens (tertiary/aromatic N) is 1. The molecule has 0 rings (SSSR count). The summed E-state index contributed by atoms with van der Waals surface area (Å²) >= 11 is 0. The lowest BCUT2D eigenvalue weighted by Gasteiger charge is -2.13. The highest BCUT2D eigenvalue weighted by Gasteiger charge is 2.13. The van der Waals surface area contributed by atoms with E-state index < -0.39 is 10.7 Å². The summed E-state index contributed by atoms with van der Waals surface area (Å²) in [5, 5.41) is 8.81. The topological polar surface area (TPSA) is 52.4 Å². The number of hydrogen-bond donors (Lipinski definition) is 0. The van der Waals surface area contributed by atoms with Crippen LogP contribution in [0.2, 0.25) is 0 Å². The summed E-state index contributed by atoms with van der Waals surface area (Å²) in [6.07, 6.45) is 0. The van der Waals surface area contributed by atoms with Gasteiger partial charge in [-0.2, -0.15) is 13.5 Å². The average Bonchev–Trinajstić information content (AvgIpc) is 1.21. The Kier molecular flexibility index (Phi) is 4.48. The summed E-state index contributed by atoms with van der Waals surface area (Å²) in [6, 6.07) is 0. The molecule has 0 aliphatic rings. The molecule has 0 aromatic rings. The molecule has 0 radical (unpaired) electrons. The Bertz CT molecular complexity index is 98.5. The van der Waals surface area contributed by atoms with Gasteiger partial charge in [0, 0.05) is 0 Å². The second-order valence-electron chi connectivity index (χ2n) is 2.43. The van der Waals surface area contributed by atoms with E-state index in [1.165, 1.54) is 0 Å². The maximum Gasteiger partial charge on any atom is 0.295 e. The van der Waals surface area contributed by atoms with Crippen molar-refractivity contribution in [2.24, 2.45) is 0 Å². The van der Waals surface area contributed by atoms with Gasteiger partial charge in [-0.05, 0) is 20.8 Å². The third-order valence-electron chi connectivity index (χ3n) is 0.348. The van der Waals surface area contributed by atoms with E-state index in [1.54, 1.807) is 20.8 Å². The molecule has 0 heterocycles. The van der Waals surface area contributed by atoms with Crippen molar-refractivity contribution in [1.82, 2.24) is 0 Å². The van der Waals surface area contributed by atoms with Gasteiger partial charge in [0.2, 0.25) is 0 Å². The normalized spacial score (nSPS) is 9.67. The minimum Gasteiger partial charge on any atom is -0.308 e. The maximum absolute atomic E-state index is 9.60. The van der Waals surface area contributed by atoms with Crippen molar-refractivity contribution in [3.05, 3.63) is 10.1 Å². The first-order chi connectivity index (χ1) is 3.42. The Morgan fingerprint density at radius 2 is 1.78 bits per heavy atom. The van der Waals surface area contributed by atoms with Crippen LogP contribution < -0.4 is 0 Å². The van der Waals surface area contributed by atoms with Crippen LogP contribution in [-0.4, -0.2) is 10.7 Å². The molecule has 4 nitrogen and oxygen atoms in total. The molecule has 0 aromatic heterocycles. The van der Waals surface area contributed by atoms with Crippen LogP contribution in [0.15, 0.2) is 0 Å². The van der Waals surface area contributed by atoms with Crippen molar-refractivity contribution >= 4 is 13.5 Å². The highest BCUT2D eigenvalue weighted by Crippen LogP contribution is 2.05. The number of hydrogen-bond acceptors (Lipinski definition) is 3. The van der Waals surface area contributed by atoms with Crippen LogP contribution in [0.5, 0.6) is 0 Å². The molecular weight excluding hydrogens is 142 g/mol. The summed E-state index contributed by atoms with van der Waals surface area (Å²) in [5.41, 5.74) is -0.677. The smallest absolute Gasteiger partial charge is 0.295 e. The quantitative estimate of drug-likeness (QED) is 0.419. The molecule has 0 aliphatic heterocycles. The van der Waals surface area contributed by atoms with Crippen molar-refractivity contribution < 1.29 is 9.92 Å². The van der Waals surface area contributed by atoms with Gasteiger partial charge in [-0.1, -0.05) is 0 Å². The van der Waals surface area contributed by atoms with E-state index >= 15 is 0 Å². The molecule has 0 fully saturated rings. The largest absolute Gasteiger partial charge is 0.308 e. The lowest BCUT2D eigenvalue weighted by atomic mass is 10.2. The summed E-state index contributed by atoms with van der Waals surface area (Å²) in [4.78, 5) is 13.8. The Hall–Kier alpha value is -0.450. The van der Waals surface area contributed by atoms with Gasteiger partial charge in [-0.3, -0.25) is 0 Å². The van der Waals surface area contributed by atoms with Gasteiger partial charge < -0.3 is 4.84 Å². The van der Waals surface area contributed by atoms with Gasteiger partial charge in [-0.25, -0.2) is 0 Å². The SMILES string of the molecule is CC(C)(C)O[N+](=O)[O-].S. The molecule has 0 amide bonds. The fourth-order valence-corrected chi connectivity index (χ4v) is 0.224. The molecule has 0 aliphatic carbocycles. The van der Waals surface area contributed by atoms with Crippen molar-refractivity contribution in [1.29, 1.82) is 0 Å². The highest BCUT2D eigenvalue weighted by molar-refractivity contribution is 7.59. The second-order valence-corrected chi connectivity index (χ2v) is 2.43. The summed E-state index contributed by atoms with van der Waals surface area (Å²) in [6.45, 7) is 4.86. The molecule has 0 bridgehead atoms. The first-order valence-corrected chi connectivity index (χ1v) is 2.25. The van der Waals surface area contributed by atoms with Crippen molar-refractivity contribution in [2.75, 3.05) is 0 Å². The third kappa shape index (κ3) is 11.2. The second kappa shape index (κ2) is 3.55. The standard InChI is InChI=1S/C4H9NO3.H2S/c1-4(2,3)8-5(6)7;/h1-3H3;1H2. The van der Waals surface area contributed by atoms with Crippen LogP contribution in [0, 0.1) is 10.1 Å². The van der Waals surface area contributed by atoms with Crippen molar-refractivity contribution in [2.45, 2.75) is 26.4 Å². The minimum absolute atomic E-state index is 0. The Morgan fingerprint density at radius 1 is 1.44 bits per heavy atom. The molecule has 5 heteroatoms. The van der Waals surface area contributed by atoms with E-state index in [2.05, 4.69) is 4.84 Å². The molecule has 0 aromatic carbocycles. The molecule has 0 spiro atoms. The van der Waals surface area contributed by atoms with Crippen LogP contribution in [0.4, 0.5) is 0 Å². The lowest BCUT2D eigenvalue weighted by Crippen LogP contribution is -2.22. The Labute approximate surface area is 60.7 Å². The molecule has 0 N–H and O–H groups in total. The first-order valence-electron chi connectivity index (χ1n) is 2.25. The third-order valence-corrected chi connectivity index (χ3v) is 0.348. The zero-order valence-electron chi connectivity index (χ0n) is 5.67. The summed E-state index contributed by atoms with van der Waals surface area (Å²) in [5.74, 6) is 0. The number of rotatable bonds is 1. The van der Waals surface area contributed by atoms with Crippen LogP contribution in [0.3, 0.4) is 0 Å². The van der Waals surface area contributed by atoms with E-state index in [0.717, 1.165) is 0 Å². The van der Waals surface area contributed by atoms with E-state index in [1.807, 2.05) is 0 Å². The Morgan fingerprint density at radius 3 is 1.78 bits per heavy atom. The monoisotopic (exact) mass is 153 g/mol. The van der Waals surface area contributed by atoms with Gasteiger partial charge in [0.1, 0.15) is 5.60 Å².